The van der Waals surface area contributed by atoms with Gasteiger partial charge in [0.05, 0.1) is 49.8 Å². The van der Waals surface area contributed by atoms with Gasteiger partial charge < -0.3 is 28.4 Å². The lowest BCUT2D eigenvalue weighted by Gasteiger charge is -2.21. The summed E-state index contributed by atoms with van der Waals surface area (Å²) in [5.74, 6) is -9.38. The summed E-state index contributed by atoms with van der Waals surface area (Å²) in [7, 11) is 0. The van der Waals surface area contributed by atoms with E-state index in [-0.39, 0.29) is 49.1 Å². The molecular formula is C32H26F8O8. The molecule has 2 heterocycles. The number of esters is 2. The number of carbonyl (C=O) groups is 2. The first-order valence-corrected chi connectivity index (χ1v) is 14.5. The lowest BCUT2D eigenvalue weighted by Crippen LogP contribution is -2.23. The van der Waals surface area contributed by atoms with E-state index in [1.54, 1.807) is 0 Å². The normalized spacial score (nSPS) is 17.1. The van der Waals surface area contributed by atoms with Gasteiger partial charge in [-0.05, 0) is 62.1 Å². The van der Waals surface area contributed by atoms with Crippen molar-refractivity contribution in [2.24, 2.45) is 0 Å². The fraction of sp³-hybridized carbons (Fsp3) is 0.375. The molecule has 2 atom stereocenters. The van der Waals surface area contributed by atoms with Crippen LogP contribution < -0.4 is 18.9 Å². The molecule has 2 unspecified atom stereocenters. The molecule has 0 radical (unpaired) electrons. The smallest absolute Gasteiger partial charge is 0.420 e. The molecule has 0 N–H and O–H groups in total. The van der Waals surface area contributed by atoms with Gasteiger partial charge in [0.15, 0.2) is 0 Å². The van der Waals surface area contributed by atoms with Gasteiger partial charge in [0.25, 0.3) is 0 Å². The molecule has 5 rings (SSSR count). The van der Waals surface area contributed by atoms with Gasteiger partial charge in [-0.3, -0.25) is 0 Å². The van der Waals surface area contributed by atoms with Crippen LogP contribution in [-0.2, 0) is 21.8 Å². The number of hydrogen-bond acceptors (Lipinski definition) is 8. The van der Waals surface area contributed by atoms with Crippen LogP contribution in [0, 0.1) is 11.6 Å². The van der Waals surface area contributed by atoms with Gasteiger partial charge >= 0.3 is 24.3 Å². The second kappa shape index (κ2) is 14.4. The Morgan fingerprint density at radius 3 is 1.33 bits per heavy atom. The summed E-state index contributed by atoms with van der Waals surface area (Å²) in [6.45, 7) is 1.64. The Kier molecular flexibility index (Phi) is 10.4. The molecule has 2 saturated heterocycles. The maximum absolute atomic E-state index is 14.7. The molecule has 2 aliphatic heterocycles. The minimum absolute atomic E-state index is 0.0136. The van der Waals surface area contributed by atoms with Gasteiger partial charge in [-0.25, -0.2) is 18.4 Å². The van der Waals surface area contributed by atoms with Crippen molar-refractivity contribution in [1.82, 2.24) is 0 Å². The maximum Gasteiger partial charge on any atom is 0.420 e. The Hall–Kier alpha value is -4.44. The zero-order chi connectivity index (χ0) is 34.6. The molecule has 258 valence electrons. The van der Waals surface area contributed by atoms with E-state index < -0.39 is 69.7 Å². The van der Waals surface area contributed by atoms with Crippen molar-refractivity contribution in [2.75, 3.05) is 26.4 Å². The summed E-state index contributed by atoms with van der Waals surface area (Å²) in [6.07, 6.45) is -8.79. The summed E-state index contributed by atoms with van der Waals surface area (Å²) in [6, 6.07) is 6.03. The van der Waals surface area contributed by atoms with Gasteiger partial charge in [0, 0.05) is 12.1 Å². The monoisotopic (exact) mass is 690 g/mol. The minimum atomic E-state index is -5.83. The van der Waals surface area contributed by atoms with Gasteiger partial charge in [-0.1, -0.05) is 0 Å². The molecule has 0 bridgehead atoms. The van der Waals surface area contributed by atoms with Crippen LogP contribution in [0.15, 0.2) is 48.5 Å². The summed E-state index contributed by atoms with van der Waals surface area (Å²) in [5.41, 5.74) is -6.86. The average molecular weight is 691 g/mol. The highest BCUT2D eigenvalue weighted by atomic mass is 19.4. The number of rotatable bonds is 14. The minimum Gasteiger partial charge on any atom is -0.493 e. The predicted molar refractivity (Wildman–Crippen MR) is 148 cm³/mol. The largest absolute Gasteiger partial charge is 0.493 e. The first-order valence-electron chi connectivity index (χ1n) is 14.5. The Morgan fingerprint density at radius 1 is 0.646 bits per heavy atom. The highest BCUT2D eigenvalue weighted by Crippen LogP contribution is 2.49. The van der Waals surface area contributed by atoms with Crippen molar-refractivity contribution in [2.45, 2.75) is 50.2 Å². The maximum atomic E-state index is 14.7. The zero-order valence-electron chi connectivity index (χ0n) is 24.7. The van der Waals surface area contributed by atoms with Crippen LogP contribution in [0.2, 0.25) is 0 Å². The standard InChI is InChI=1S/C32H26F8O8/c33-23-13-17(43-11-1-3-19-15-45-19)5-7-21(23)29(41)47-25-9-10-26(28(32(38,39)40)27(25)31(35,36)37)48-30(42)22-8-6-18(14-24(22)34)44-12-2-4-20-16-46-20/h5-10,13-14,19-20H,1-4,11-12,15-16H2. The van der Waals surface area contributed by atoms with E-state index in [0.717, 1.165) is 36.4 Å². The van der Waals surface area contributed by atoms with Crippen molar-refractivity contribution in [3.05, 3.63) is 82.4 Å². The second-order valence-electron chi connectivity index (χ2n) is 10.8. The summed E-state index contributed by atoms with van der Waals surface area (Å²) in [5, 5.41) is 0. The van der Waals surface area contributed by atoms with Crippen molar-refractivity contribution >= 4 is 11.9 Å². The fourth-order valence-corrected chi connectivity index (χ4v) is 4.58. The topological polar surface area (TPSA) is 96.1 Å². The van der Waals surface area contributed by atoms with Crippen LogP contribution in [0.3, 0.4) is 0 Å². The van der Waals surface area contributed by atoms with Crippen molar-refractivity contribution in [3.63, 3.8) is 0 Å². The molecule has 0 aliphatic carbocycles. The number of epoxide rings is 2. The lowest BCUT2D eigenvalue weighted by atomic mass is 10.0. The first-order chi connectivity index (χ1) is 22.7. The third kappa shape index (κ3) is 9.13. The fourth-order valence-electron chi connectivity index (χ4n) is 4.58. The first kappa shape index (κ1) is 34.9. The number of ether oxygens (including phenoxy) is 6. The SMILES string of the molecule is O=C(Oc1ccc(OC(=O)c2ccc(OCCCC3CO3)cc2F)c(C(F)(F)F)c1C(F)(F)F)c1ccc(OCCCC2CO2)cc1F. The molecule has 3 aromatic carbocycles. The van der Waals surface area contributed by atoms with Crippen LogP contribution >= 0.6 is 0 Å². The van der Waals surface area contributed by atoms with Crippen LogP contribution in [0.4, 0.5) is 35.1 Å². The average Bonchev–Trinajstić information content (AvgIpc) is 3.93. The summed E-state index contributed by atoms with van der Waals surface area (Å²) in [4.78, 5) is 25.3. The van der Waals surface area contributed by atoms with E-state index in [2.05, 4.69) is 9.47 Å². The molecule has 0 amide bonds. The molecule has 8 nitrogen and oxygen atoms in total. The molecule has 3 aromatic rings. The van der Waals surface area contributed by atoms with E-state index >= 15 is 0 Å². The van der Waals surface area contributed by atoms with E-state index in [0.29, 0.717) is 38.9 Å². The molecule has 0 aromatic heterocycles. The van der Waals surface area contributed by atoms with Crippen molar-refractivity contribution in [1.29, 1.82) is 0 Å². The van der Waals surface area contributed by atoms with Crippen LogP contribution in [0.5, 0.6) is 23.0 Å². The molecule has 2 fully saturated rings. The molecule has 16 heteroatoms. The van der Waals surface area contributed by atoms with E-state index in [4.69, 9.17) is 18.9 Å². The molecule has 0 saturated carbocycles. The number of carbonyl (C=O) groups excluding carboxylic acids is 2. The van der Waals surface area contributed by atoms with Gasteiger partial charge in [-0.15, -0.1) is 0 Å². The summed E-state index contributed by atoms with van der Waals surface area (Å²) < 4.78 is 144. The number of alkyl halides is 6. The van der Waals surface area contributed by atoms with Crippen molar-refractivity contribution < 1.29 is 73.1 Å². The number of halogens is 8. The third-order valence-corrected chi connectivity index (χ3v) is 7.11. The van der Waals surface area contributed by atoms with Crippen LogP contribution in [-0.4, -0.2) is 50.6 Å². The Balaban J connectivity index is 1.33. The highest BCUT2D eigenvalue weighted by molar-refractivity contribution is 5.93. The van der Waals surface area contributed by atoms with E-state index in [1.165, 1.54) is 0 Å². The lowest BCUT2D eigenvalue weighted by molar-refractivity contribution is -0.163. The number of hydrogen-bond donors (Lipinski definition) is 0. The molecule has 2 aliphatic rings. The predicted octanol–water partition coefficient (Wildman–Crippen LogP) is 7.56. The number of benzene rings is 3. The molecule has 48 heavy (non-hydrogen) atoms. The van der Waals surface area contributed by atoms with Crippen molar-refractivity contribution in [3.8, 4) is 23.0 Å². The molecule has 0 spiro atoms. The zero-order valence-corrected chi connectivity index (χ0v) is 24.7. The quantitative estimate of drug-likeness (QED) is 0.0563. The van der Waals surface area contributed by atoms with Crippen LogP contribution in [0.25, 0.3) is 0 Å². The molecular weight excluding hydrogens is 664 g/mol. The van der Waals surface area contributed by atoms with Gasteiger partial charge in [0.2, 0.25) is 0 Å². The van der Waals surface area contributed by atoms with Crippen LogP contribution in [0.1, 0.15) is 57.5 Å². The van der Waals surface area contributed by atoms with E-state index in [9.17, 15) is 44.7 Å². The third-order valence-electron chi connectivity index (χ3n) is 7.11. The highest BCUT2D eigenvalue weighted by Gasteiger charge is 2.49. The Bertz CT molecular complexity index is 1530. The Labute approximate surface area is 267 Å². The van der Waals surface area contributed by atoms with Gasteiger partial charge in [-0.2, -0.15) is 26.3 Å². The van der Waals surface area contributed by atoms with Gasteiger partial charge in [0.1, 0.15) is 45.8 Å². The Morgan fingerprint density at radius 2 is 1.02 bits per heavy atom. The van der Waals surface area contributed by atoms with E-state index in [1.807, 2.05) is 0 Å². The second-order valence-corrected chi connectivity index (χ2v) is 10.8. The summed E-state index contributed by atoms with van der Waals surface area (Å²) >= 11 is 0.